The van der Waals surface area contributed by atoms with Crippen LogP contribution in [0.15, 0.2) is 15.8 Å². The highest BCUT2D eigenvalue weighted by Gasteiger charge is 2.79. The molecule has 152 valence electrons. The Morgan fingerprint density at radius 2 is 2.00 bits per heavy atom. The van der Waals surface area contributed by atoms with Gasteiger partial charge in [-0.3, -0.25) is 4.79 Å². The number of allylic oxidation sites excluding steroid dienone is 2. The molecule has 1 aliphatic heterocycles. The molecule has 5 heteroatoms. The fourth-order valence-electron chi connectivity index (χ4n) is 9.14. The lowest BCUT2D eigenvalue weighted by Crippen LogP contribution is -2.56. The Morgan fingerprint density at radius 3 is 2.71 bits per heavy atom. The van der Waals surface area contributed by atoms with Crippen molar-refractivity contribution in [3.63, 3.8) is 0 Å². The summed E-state index contributed by atoms with van der Waals surface area (Å²) in [7, 11) is 0. The first-order valence-electron chi connectivity index (χ1n) is 11.4. The minimum absolute atomic E-state index is 0.0463. The van der Waals surface area contributed by atoms with E-state index in [0.717, 1.165) is 54.9 Å². The monoisotopic (exact) mass is 403 g/mol. The van der Waals surface area contributed by atoms with Crippen molar-refractivity contribution < 1.29 is 14.7 Å². The van der Waals surface area contributed by atoms with Crippen LogP contribution in [0.1, 0.15) is 71.1 Å². The zero-order chi connectivity index (χ0) is 19.3. The third kappa shape index (κ3) is 1.94. The van der Waals surface area contributed by atoms with Crippen LogP contribution in [-0.2, 0) is 9.53 Å². The largest absolute Gasteiger partial charge is 0.458 e. The summed E-state index contributed by atoms with van der Waals surface area (Å²) >= 11 is 6.64. The number of hydrogen-bond donors (Lipinski definition) is 1. The summed E-state index contributed by atoms with van der Waals surface area (Å²) in [5.41, 5.74) is 2.12. The molecule has 4 nitrogen and oxygen atoms in total. The molecule has 6 aliphatic rings. The van der Waals surface area contributed by atoms with Gasteiger partial charge in [0.25, 0.3) is 0 Å². The van der Waals surface area contributed by atoms with E-state index in [-0.39, 0.29) is 17.0 Å². The first kappa shape index (κ1) is 17.8. The second kappa shape index (κ2) is 5.77. The van der Waals surface area contributed by atoms with Crippen LogP contribution in [-0.4, -0.2) is 22.5 Å². The van der Waals surface area contributed by atoms with Crippen LogP contribution in [0.2, 0.25) is 0 Å². The normalized spacial score (nSPS) is 52.9. The predicted octanol–water partition coefficient (Wildman–Crippen LogP) is 5.28. The Labute approximate surface area is 171 Å². The maximum absolute atomic E-state index is 12.2. The number of halogens is 1. The molecule has 8 atom stereocenters. The van der Waals surface area contributed by atoms with E-state index < -0.39 is 0 Å². The van der Waals surface area contributed by atoms with Crippen molar-refractivity contribution in [2.75, 3.05) is 0 Å². The smallest absolute Gasteiger partial charge is 0.306 e. The van der Waals surface area contributed by atoms with E-state index >= 15 is 0 Å². The molecule has 1 heterocycles. The standard InChI is InChI=1S/C23H30ClNO3/c1-2-22-9-7-13-12-5-6-18(25-27)21(24)15(12)4-3-14(13)20(22)16-11-17(16)23(22)10-8-19(26)28-23/h12-14,16-17,20,27H,2-11H2,1H3/b25-18+/t12-,13?,14?,16+,17-,20?,22+,23+/m1/s1. The number of rotatable bonds is 1. The molecule has 5 aliphatic carbocycles. The number of carbonyl (C=O) groups excluding carboxylic acids is 1. The van der Waals surface area contributed by atoms with Gasteiger partial charge in [0, 0.05) is 17.8 Å². The number of ether oxygens (including phenoxy) is 1. The molecule has 1 spiro atoms. The van der Waals surface area contributed by atoms with Crippen LogP contribution in [0, 0.1) is 40.9 Å². The lowest BCUT2D eigenvalue weighted by Gasteiger charge is -2.58. The molecule has 28 heavy (non-hydrogen) atoms. The third-order valence-corrected chi connectivity index (χ3v) is 10.5. The van der Waals surface area contributed by atoms with Gasteiger partial charge in [-0.05, 0) is 93.0 Å². The SMILES string of the molecule is CC[C@]12CCC3C(CCC4=C(Cl)/C(=N/O)CC[C@@H]43)C1[C@H]1C[C@H]1[C@@]21CCC(=O)O1. The van der Waals surface area contributed by atoms with Gasteiger partial charge in [0.15, 0.2) is 0 Å². The van der Waals surface area contributed by atoms with E-state index in [1.54, 1.807) is 0 Å². The van der Waals surface area contributed by atoms with Gasteiger partial charge in [-0.15, -0.1) is 0 Å². The van der Waals surface area contributed by atoms with E-state index in [1.165, 1.54) is 31.3 Å². The molecule has 0 aromatic rings. The van der Waals surface area contributed by atoms with E-state index in [1.807, 2.05) is 0 Å². The quantitative estimate of drug-likeness (QED) is 0.368. The first-order valence-corrected chi connectivity index (χ1v) is 11.8. The molecular formula is C23H30ClNO3. The summed E-state index contributed by atoms with van der Waals surface area (Å²) in [5, 5.41) is 13.5. The zero-order valence-electron chi connectivity index (χ0n) is 16.6. The van der Waals surface area contributed by atoms with Gasteiger partial charge < -0.3 is 9.94 Å². The van der Waals surface area contributed by atoms with E-state index in [0.29, 0.717) is 29.9 Å². The summed E-state index contributed by atoms with van der Waals surface area (Å²) < 4.78 is 6.25. The summed E-state index contributed by atoms with van der Waals surface area (Å²) in [4.78, 5) is 12.2. The molecule has 6 rings (SSSR count). The number of nitrogens with zero attached hydrogens (tertiary/aromatic N) is 1. The Balaban J connectivity index is 1.38. The van der Waals surface area contributed by atoms with Gasteiger partial charge in [-0.1, -0.05) is 23.7 Å². The van der Waals surface area contributed by atoms with Crippen LogP contribution < -0.4 is 0 Å². The minimum Gasteiger partial charge on any atom is -0.458 e. The van der Waals surface area contributed by atoms with Crippen molar-refractivity contribution in [1.29, 1.82) is 0 Å². The molecule has 5 fully saturated rings. The molecular weight excluding hydrogens is 374 g/mol. The van der Waals surface area contributed by atoms with Crippen molar-refractivity contribution in [1.82, 2.24) is 0 Å². The van der Waals surface area contributed by atoms with Crippen LogP contribution in [0.25, 0.3) is 0 Å². The van der Waals surface area contributed by atoms with Crippen LogP contribution in [0.3, 0.4) is 0 Å². The fourth-order valence-corrected chi connectivity index (χ4v) is 9.50. The lowest BCUT2D eigenvalue weighted by atomic mass is 9.47. The molecule has 1 saturated heterocycles. The van der Waals surface area contributed by atoms with Crippen LogP contribution in [0.5, 0.6) is 0 Å². The van der Waals surface area contributed by atoms with Gasteiger partial charge in [-0.2, -0.15) is 0 Å². The highest BCUT2D eigenvalue weighted by atomic mass is 35.5. The topological polar surface area (TPSA) is 58.9 Å². The summed E-state index contributed by atoms with van der Waals surface area (Å²) in [6.45, 7) is 2.35. The highest BCUT2D eigenvalue weighted by molar-refractivity contribution is 6.44. The number of oxime groups is 1. The van der Waals surface area contributed by atoms with Gasteiger partial charge in [0.1, 0.15) is 5.60 Å². The highest BCUT2D eigenvalue weighted by Crippen LogP contribution is 2.79. The van der Waals surface area contributed by atoms with Crippen molar-refractivity contribution in [2.24, 2.45) is 46.1 Å². The van der Waals surface area contributed by atoms with Gasteiger partial charge in [0.2, 0.25) is 0 Å². The van der Waals surface area contributed by atoms with Gasteiger partial charge in [0.05, 0.1) is 10.7 Å². The van der Waals surface area contributed by atoms with Crippen LogP contribution >= 0.6 is 11.6 Å². The van der Waals surface area contributed by atoms with Crippen molar-refractivity contribution in [2.45, 2.75) is 76.7 Å². The molecule has 0 radical (unpaired) electrons. The van der Waals surface area contributed by atoms with E-state index in [2.05, 4.69) is 12.1 Å². The first-order chi connectivity index (χ1) is 13.6. The number of hydrogen-bond acceptors (Lipinski definition) is 4. The second-order valence-electron chi connectivity index (χ2n) is 10.3. The molecule has 0 aromatic carbocycles. The summed E-state index contributed by atoms with van der Waals surface area (Å²) in [5.74, 6) is 4.18. The van der Waals surface area contributed by atoms with Gasteiger partial charge >= 0.3 is 5.97 Å². The Kier molecular flexibility index (Phi) is 3.67. The molecule has 0 aromatic heterocycles. The van der Waals surface area contributed by atoms with E-state index in [4.69, 9.17) is 16.3 Å². The van der Waals surface area contributed by atoms with E-state index in [9.17, 15) is 10.0 Å². The average molecular weight is 404 g/mol. The molecule has 0 amide bonds. The third-order valence-electron chi connectivity index (χ3n) is 10.0. The Bertz CT molecular complexity index is 806. The zero-order valence-corrected chi connectivity index (χ0v) is 17.4. The fraction of sp³-hybridized carbons (Fsp3) is 0.826. The Morgan fingerprint density at radius 1 is 1.14 bits per heavy atom. The number of esters is 1. The maximum Gasteiger partial charge on any atom is 0.306 e. The average Bonchev–Trinajstić information content (AvgIpc) is 3.35. The van der Waals surface area contributed by atoms with Crippen molar-refractivity contribution >= 4 is 23.3 Å². The van der Waals surface area contributed by atoms with Crippen LogP contribution in [0.4, 0.5) is 0 Å². The summed E-state index contributed by atoms with van der Waals surface area (Å²) in [6, 6.07) is 0. The minimum atomic E-state index is -0.143. The number of fused-ring (bicyclic) bond motifs is 9. The molecule has 4 saturated carbocycles. The molecule has 1 N–H and O–H groups in total. The predicted molar refractivity (Wildman–Crippen MR) is 106 cm³/mol. The summed E-state index contributed by atoms with van der Waals surface area (Å²) in [6.07, 6.45) is 10.6. The Hall–Kier alpha value is -1.03. The molecule has 3 unspecified atom stereocenters. The lowest BCUT2D eigenvalue weighted by molar-refractivity contribution is -0.179. The number of carbonyl (C=O) groups is 1. The van der Waals surface area contributed by atoms with Crippen molar-refractivity contribution in [3.8, 4) is 0 Å². The second-order valence-corrected chi connectivity index (χ2v) is 10.7. The molecule has 0 bridgehead atoms. The van der Waals surface area contributed by atoms with Gasteiger partial charge in [-0.25, -0.2) is 0 Å². The van der Waals surface area contributed by atoms with Crippen molar-refractivity contribution in [3.05, 3.63) is 10.6 Å². The maximum atomic E-state index is 12.2.